The van der Waals surface area contributed by atoms with Crippen LogP contribution < -0.4 is 5.32 Å². The summed E-state index contributed by atoms with van der Waals surface area (Å²) in [7, 11) is 0. The van der Waals surface area contributed by atoms with Crippen LogP contribution in [0.1, 0.15) is 6.92 Å². The molecule has 0 saturated carbocycles. The molecular formula is C7H12FNO4. The van der Waals surface area contributed by atoms with Crippen molar-refractivity contribution in [2.45, 2.75) is 25.2 Å². The zero-order valence-corrected chi connectivity index (χ0v) is 7.11. The van der Waals surface area contributed by atoms with Crippen LogP contribution in [0.25, 0.3) is 0 Å². The summed E-state index contributed by atoms with van der Waals surface area (Å²) >= 11 is 0. The summed E-state index contributed by atoms with van der Waals surface area (Å²) in [5.74, 6) is -0.517. The van der Waals surface area contributed by atoms with Crippen LogP contribution in [0.5, 0.6) is 0 Å². The highest BCUT2D eigenvalue weighted by molar-refractivity contribution is 5.73. The van der Waals surface area contributed by atoms with Crippen LogP contribution in [0.2, 0.25) is 0 Å². The van der Waals surface area contributed by atoms with E-state index < -0.39 is 30.8 Å². The lowest BCUT2D eigenvalue weighted by Crippen LogP contribution is -2.49. The van der Waals surface area contributed by atoms with E-state index in [1.165, 1.54) is 0 Å². The van der Waals surface area contributed by atoms with Crippen molar-refractivity contribution in [1.82, 2.24) is 5.32 Å². The second-order valence-corrected chi connectivity index (χ2v) is 2.56. The second kappa shape index (κ2) is 5.60. The van der Waals surface area contributed by atoms with Crippen molar-refractivity contribution in [2.24, 2.45) is 0 Å². The van der Waals surface area contributed by atoms with Gasteiger partial charge in [0.15, 0.2) is 12.5 Å². The molecule has 0 aromatic heterocycles. The van der Waals surface area contributed by atoms with Gasteiger partial charge in [-0.3, -0.25) is 4.79 Å². The van der Waals surface area contributed by atoms with E-state index in [-0.39, 0.29) is 6.29 Å². The topological polar surface area (TPSA) is 86.6 Å². The molecule has 5 nitrogen and oxygen atoms in total. The van der Waals surface area contributed by atoms with Crippen LogP contribution >= 0.6 is 0 Å². The average Bonchev–Trinajstić information content (AvgIpc) is 2.11. The van der Waals surface area contributed by atoms with Gasteiger partial charge in [-0.25, -0.2) is 4.39 Å². The second-order valence-electron chi connectivity index (χ2n) is 2.56. The molecule has 0 radical (unpaired) electrons. The van der Waals surface area contributed by atoms with Gasteiger partial charge in [0.1, 0.15) is 6.10 Å². The highest BCUT2D eigenvalue weighted by Crippen LogP contribution is 2.01. The van der Waals surface area contributed by atoms with E-state index in [2.05, 4.69) is 5.32 Å². The third-order valence-electron chi connectivity index (χ3n) is 1.45. The molecule has 0 aliphatic carbocycles. The smallest absolute Gasteiger partial charge is 0.217 e. The minimum atomic E-state index is -2.11. The van der Waals surface area contributed by atoms with Gasteiger partial charge in [0, 0.05) is 6.92 Å². The van der Waals surface area contributed by atoms with Crippen LogP contribution in [0.15, 0.2) is 0 Å². The van der Waals surface area contributed by atoms with Crippen molar-refractivity contribution in [3.63, 3.8) is 0 Å². The Hall–Kier alpha value is -1.01. The van der Waals surface area contributed by atoms with Gasteiger partial charge in [-0.1, -0.05) is 0 Å². The molecule has 0 aromatic carbocycles. The molecule has 0 spiro atoms. The molecule has 3 atom stereocenters. The van der Waals surface area contributed by atoms with Gasteiger partial charge in [-0.15, -0.1) is 0 Å². The SMILES string of the molecule is CC(=O)N[C@H](CO)[C@H](O)[C@@H](F)C=O. The van der Waals surface area contributed by atoms with E-state index in [0.29, 0.717) is 0 Å². The molecule has 6 heteroatoms. The Morgan fingerprint density at radius 1 is 1.69 bits per heavy atom. The number of nitrogens with one attached hydrogen (secondary N) is 1. The van der Waals surface area contributed by atoms with Crippen LogP contribution in [0, 0.1) is 0 Å². The Kier molecular flexibility index (Phi) is 5.17. The fraction of sp³-hybridized carbons (Fsp3) is 0.714. The van der Waals surface area contributed by atoms with Gasteiger partial charge in [-0.2, -0.15) is 0 Å². The minimum Gasteiger partial charge on any atom is -0.394 e. The van der Waals surface area contributed by atoms with Crippen molar-refractivity contribution in [1.29, 1.82) is 0 Å². The number of aliphatic hydroxyl groups excluding tert-OH is 2. The Morgan fingerprint density at radius 2 is 2.23 bits per heavy atom. The van der Waals surface area contributed by atoms with Crippen molar-refractivity contribution < 1.29 is 24.2 Å². The fourth-order valence-corrected chi connectivity index (χ4v) is 0.803. The molecule has 0 aromatic rings. The maximum atomic E-state index is 12.5. The fourth-order valence-electron chi connectivity index (χ4n) is 0.803. The molecule has 76 valence electrons. The third kappa shape index (κ3) is 3.95. The van der Waals surface area contributed by atoms with Crippen molar-refractivity contribution in [3.05, 3.63) is 0 Å². The van der Waals surface area contributed by atoms with Crippen LogP contribution in [0.4, 0.5) is 4.39 Å². The Balaban J connectivity index is 4.21. The molecule has 0 bridgehead atoms. The van der Waals surface area contributed by atoms with E-state index in [1.807, 2.05) is 0 Å². The number of rotatable bonds is 5. The normalized spacial score (nSPS) is 17.2. The number of carbonyl (C=O) groups excluding carboxylic acids is 2. The standard InChI is InChI=1S/C7H12FNO4/c1-4(12)9-6(3-11)7(13)5(8)2-10/h2,5-7,11,13H,3H2,1H3,(H,9,12)/t5-,6+,7+/m0/s1. The summed E-state index contributed by atoms with van der Waals surface area (Å²) in [4.78, 5) is 20.4. The first-order valence-electron chi connectivity index (χ1n) is 3.68. The van der Waals surface area contributed by atoms with Gasteiger partial charge >= 0.3 is 0 Å². The van der Waals surface area contributed by atoms with E-state index in [9.17, 15) is 14.0 Å². The summed E-state index contributed by atoms with van der Waals surface area (Å²) in [6, 6.07) is -1.15. The predicted molar refractivity (Wildman–Crippen MR) is 41.7 cm³/mol. The predicted octanol–water partition coefficient (Wildman–Crippen LogP) is -1.62. The highest BCUT2D eigenvalue weighted by atomic mass is 19.1. The largest absolute Gasteiger partial charge is 0.394 e. The molecule has 0 saturated heterocycles. The first-order chi connectivity index (χ1) is 6.02. The van der Waals surface area contributed by atoms with Gasteiger partial charge in [-0.05, 0) is 0 Å². The number of halogens is 1. The van der Waals surface area contributed by atoms with Crippen LogP contribution in [0.3, 0.4) is 0 Å². The lowest BCUT2D eigenvalue weighted by molar-refractivity contribution is -0.124. The van der Waals surface area contributed by atoms with Crippen molar-refractivity contribution in [2.75, 3.05) is 6.61 Å². The number of carbonyl (C=O) groups is 2. The monoisotopic (exact) mass is 193 g/mol. The average molecular weight is 193 g/mol. The van der Waals surface area contributed by atoms with E-state index in [0.717, 1.165) is 6.92 Å². The Labute approximate surface area is 74.6 Å². The van der Waals surface area contributed by atoms with E-state index in [1.54, 1.807) is 0 Å². The van der Waals surface area contributed by atoms with Gasteiger partial charge < -0.3 is 20.3 Å². The number of aliphatic hydroxyl groups is 2. The molecule has 13 heavy (non-hydrogen) atoms. The van der Waals surface area contributed by atoms with E-state index in [4.69, 9.17) is 10.2 Å². The van der Waals surface area contributed by atoms with Crippen molar-refractivity contribution in [3.8, 4) is 0 Å². The molecule has 0 heterocycles. The maximum Gasteiger partial charge on any atom is 0.217 e. The zero-order valence-electron chi connectivity index (χ0n) is 7.11. The molecule has 0 rings (SSSR count). The lowest BCUT2D eigenvalue weighted by Gasteiger charge is -2.21. The molecule has 0 aliphatic rings. The lowest BCUT2D eigenvalue weighted by atomic mass is 10.1. The maximum absolute atomic E-state index is 12.5. The number of hydrogen-bond donors (Lipinski definition) is 3. The Morgan fingerprint density at radius 3 is 2.54 bits per heavy atom. The summed E-state index contributed by atoms with van der Waals surface area (Å²) in [5, 5.41) is 19.8. The summed E-state index contributed by atoms with van der Waals surface area (Å²) in [6.45, 7) is 0.526. The Bertz CT molecular complexity index is 187. The van der Waals surface area contributed by atoms with Crippen LogP contribution in [-0.2, 0) is 9.59 Å². The molecular weight excluding hydrogens is 181 g/mol. The van der Waals surface area contributed by atoms with Crippen LogP contribution in [-0.4, -0.2) is 47.3 Å². The molecule has 0 unspecified atom stereocenters. The first-order valence-corrected chi connectivity index (χ1v) is 3.68. The molecule has 3 N–H and O–H groups in total. The quantitative estimate of drug-likeness (QED) is 0.458. The number of aldehydes is 1. The summed E-state index contributed by atoms with van der Waals surface area (Å²) < 4.78 is 12.5. The van der Waals surface area contributed by atoms with Gasteiger partial charge in [0.05, 0.1) is 12.6 Å². The number of amides is 1. The first kappa shape index (κ1) is 12.0. The summed E-state index contributed by atoms with van der Waals surface area (Å²) in [6.07, 6.45) is -3.91. The highest BCUT2D eigenvalue weighted by Gasteiger charge is 2.27. The van der Waals surface area contributed by atoms with E-state index >= 15 is 0 Å². The number of hydrogen-bond acceptors (Lipinski definition) is 4. The van der Waals surface area contributed by atoms with Gasteiger partial charge in [0.25, 0.3) is 0 Å². The van der Waals surface area contributed by atoms with Crippen molar-refractivity contribution >= 4 is 12.2 Å². The number of alkyl halides is 1. The molecule has 0 fully saturated rings. The zero-order chi connectivity index (χ0) is 10.4. The minimum absolute atomic E-state index is 0.0882. The molecule has 0 aliphatic heterocycles. The molecule has 1 amide bonds. The van der Waals surface area contributed by atoms with Gasteiger partial charge in [0.2, 0.25) is 5.91 Å². The summed E-state index contributed by atoms with van der Waals surface area (Å²) in [5.41, 5.74) is 0. The third-order valence-corrected chi connectivity index (χ3v) is 1.45.